The zero-order valence-electron chi connectivity index (χ0n) is 14.2. The van der Waals surface area contributed by atoms with E-state index in [4.69, 9.17) is 9.41 Å². The van der Waals surface area contributed by atoms with Crippen molar-refractivity contribution in [3.63, 3.8) is 0 Å². The molecule has 3 nitrogen and oxygen atoms in total. The second-order valence-electron chi connectivity index (χ2n) is 6.67. The first-order chi connectivity index (χ1) is 12.8. The van der Waals surface area contributed by atoms with Crippen LogP contribution in [-0.2, 0) is 12.8 Å². The normalized spacial score (nSPS) is 13.6. The highest BCUT2D eigenvalue weighted by Gasteiger charge is 2.16. The second-order valence-corrected chi connectivity index (χ2v) is 6.67. The lowest BCUT2D eigenvalue weighted by Crippen LogP contribution is -2.16. The monoisotopic (exact) mass is 339 g/mol. The van der Waals surface area contributed by atoms with Crippen LogP contribution >= 0.6 is 0 Å². The summed E-state index contributed by atoms with van der Waals surface area (Å²) in [5.41, 5.74) is 4.89. The minimum absolute atomic E-state index is 0.312. The highest BCUT2D eigenvalue weighted by Crippen LogP contribution is 2.28. The maximum atomic E-state index is 12.2. The van der Waals surface area contributed by atoms with Crippen LogP contribution < -0.4 is 5.63 Å². The lowest BCUT2D eigenvalue weighted by Gasteiger charge is -2.17. The third-order valence-corrected chi connectivity index (χ3v) is 5.09. The van der Waals surface area contributed by atoms with E-state index in [-0.39, 0.29) is 5.63 Å². The number of benzene rings is 3. The Labute approximate surface area is 150 Å². The molecule has 2 heterocycles. The molecule has 26 heavy (non-hydrogen) atoms. The Kier molecular flexibility index (Phi) is 3.45. The van der Waals surface area contributed by atoms with E-state index in [1.807, 2.05) is 36.4 Å². The molecule has 0 fully saturated rings. The average Bonchev–Trinajstić information content (AvgIpc) is 2.68. The molecule has 4 aromatic rings. The first-order valence-electron chi connectivity index (χ1n) is 8.86. The molecule has 0 unspecified atom stereocenters. The van der Waals surface area contributed by atoms with Crippen LogP contribution in [0.2, 0.25) is 0 Å². The van der Waals surface area contributed by atoms with Gasteiger partial charge in [0, 0.05) is 35.5 Å². The molecule has 3 heteroatoms. The molecule has 5 rings (SSSR count). The van der Waals surface area contributed by atoms with Crippen molar-refractivity contribution in [2.75, 3.05) is 6.54 Å². The molecule has 0 atom stereocenters. The van der Waals surface area contributed by atoms with Crippen LogP contribution in [0.4, 0.5) is 0 Å². The van der Waals surface area contributed by atoms with Crippen molar-refractivity contribution >= 4 is 27.5 Å². The van der Waals surface area contributed by atoms with Crippen molar-refractivity contribution in [3.05, 3.63) is 93.8 Å². The van der Waals surface area contributed by atoms with Crippen molar-refractivity contribution in [2.45, 2.75) is 12.8 Å². The Morgan fingerprint density at radius 1 is 0.923 bits per heavy atom. The third kappa shape index (κ3) is 2.44. The van der Waals surface area contributed by atoms with Crippen LogP contribution in [0, 0.1) is 0 Å². The molecule has 0 amide bonds. The summed E-state index contributed by atoms with van der Waals surface area (Å²) in [6.45, 7) is 0.800. The van der Waals surface area contributed by atoms with E-state index in [1.165, 1.54) is 11.1 Å². The van der Waals surface area contributed by atoms with E-state index in [0.717, 1.165) is 40.4 Å². The molecule has 0 bridgehead atoms. The summed E-state index contributed by atoms with van der Waals surface area (Å²) in [6.07, 6.45) is 1.61. The Morgan fingerprint density at radius 3 is 2.73 bits per heavy atom. The fourth-order valence-electron chi connectivity index (χ4n) is 3.85. The quantitative estimate of drug-likeness (QED) is 0.398. The third-order valence-electron chi connectivity index (χ3n) is 5.09. The van der Waals surface area contributed by atoms with Gasteiger partial charge in [-0.3, -0.25) is 4.99 Å². The summed E-state index contributed by atoms with van der Waals surface area (Å²) >= 11 is 0. The zero-order chi connectivity index (χ0) is 17.5. The SMILES string of the molecule is O=c1cc(CC2=NCCc3ccccc32)c2ccc3ccccc3c2o1. The Bertz CT molecular complexity index is 1230. The zero-order valence-corrected chi connectivity index (χ0v) is 14.2. The fourth-order valence-corrected chi connectivity index (χ4v) is 3.85. The maximum absolute atomic E-state index is 12.2. The lowest BCUT2D eigenvalue weighted by molar-refractivity contribution is 0.562. The van der Waals surface area contributed by atoms with Gasteiger partial charge >= 0.3 is 5.63 Å². The number of hydrogen-bond donors (Lipinski definition) is 0. The summed E-state index contributed by atoms with van der Waals surface area (Å²) in [5, 5.41) is 3.02. The molecule has 1 aliphatic heterocycles. The van der Waals surface area contributed by atoms with Crippen LogP contribution in [0.25, 0.3) is 21.7 Å². The summed E-state index contributed by atoms with van der Waals surface area (Å²) in [6, 6.07) is 22.1. The Hall–Kier alpha value is -3.20. The molecule has 0 saturated carbocycles. The summed E-state index contributed by atoms with van der Waals surface area (Å²) < 4.78 is 5.58. The van der Waals surface area contributed by atoms with Gasteiger partial charge in [0.05, 0.1) is 0 Å². The first-order valence-corrected chi connectivity index (χ1v) is 8.86. The molecule has 1 aliphatic rings. The van der Waals surface area contributed by atoms with Gasteiger partial charge in [-0.25, -0.2) is 4.79 Å². The summed E-state index contributed by atoms with van der Waals surface area (Å²) in [5.74, 6) is 0. The smallest absolute Gasteiger partial charge is 0.336 e. The molecular weight excluding hydrogens is 322 g/mol. The highest BCUT2D eigenvalue weighted by atomic mass is 16.4. The van der Waals surface area contributed by atoms with Gasteiger partial charge < -0.3 is 4.42 Å². The molecule has 1 aromatic heterocycles. The van der Waals surface area contributed by atoms with Crippen LogP contribution in [0.3, 0.4) is 0 Å². The number of hydrogen-bond acceptors (Lipinski definition) is 3. The predicted molar refractivity (Wildman–Crippen MR) is 105 cm³/mol. The second kappa shape index (κ2) is 5.95. The molecular formula is C23H17NO2. The van der Waals surface area contributed by atoms with Crippen molar-refractivity contribution in [1.29, 1.82) is 0 Å². The van der Waals surface area contributed by atoms with Crippen LogP contribution in [0.15, 0.2) is 80.9 Å². The van der Waals surface area contributed by atoms with Crippen LogP contribution in [-0.4, -0.2) is 12.3 Å². The van der Waals surface area contributed by atoms with E-state index < -0.39 is 0 Å². The topological polar surface area (TPSA) is 42.6 Å². The fraction of sp³-hybridized carbons (Fsp3) is 0.130. The number of rotatable bonds is 2. The largest absolute Gasteiger partial charge is 0.422 e. The molecule has 0 aliphatic carbocycles. The van der Waals surface area contributed by atoms with Gasteiger partial charge in [0.25, 0.3) is 0 Å². The Balaban J connectivity index is 1.69. The van der Waals surface area contributed by atoms with Crippen LogP contribution in [0.1, 0.15) is 16.7 Å². The molecule has 0 radical (unpaired) electrons. The van der Waals surface area contributed by atoms with Crippen LogP contribution in [0.5, 0.6) is 0 Å². The van der Waals surface area contributed by atoms with Gasteiger partial charge in [-0.1, -0.05) is 60.7 Å². The summed E-state index contributed by atoms with van der Waals surface area (Å²) in [4.78, 5) is 17.0. The lowest BCUT2D eigenvalue weighted by atomic mass is 9.92. The van der Waals surface area contributed by atoms with E-state index in [0.29, 0.717) is 12.0 Å². The van der Waals surface area contributed by atoms with Crippen molar-refractivity contribution < 1.29 is 4.42 Å². The molecule has 0 spiro atoms. The highest BCUT2D eigenvalue weighted by molar-refractivity contribution is 6.08. The van der Waals surface area contributed by atoms with Crippen molar-refractivity contribution in [2.24, 2.45) is 4.99 Å². The Morgan fingerprint density at radius 2 is 1.77 bits per heavy atom. The predicted octanol–water partition coefficient (Wildman–Crippen LogP) is 4.53. The number of aliphatic imine (C=N–C) groups is 1. The van der Waals surface area contributed by atoms with E-state index in [1.54, 1.807) is 6.07 Å². The minimum Gasteiger partial charge on any atom is -0.422 e. The van der Waals surface area contributed by atoms with Gasteiger partial charge in [-0.05, 0) is 28.5 Å². The number of nitrogens with zero attached hydrogens (tertiary/aromatic N) is 1. The standard InChI is InChI=1S/C23H17NO2/c25-22-14-17(13-21-18-7-3-1-6-16(18)11-12-24-21)20-10-9-15-5-2-4-8-19(15)23(20)26-22/h1-10,14H,11-13H2. The van der Waals surface area contributed by atoms with Gasteiger partial charge in [0.2, 0.25) is 0 Å². The molecule has 0 saturated heterocycles. The van der Waals surface area contributed by atoms with Crippen molar-refractivity contribution in [1.82, 2.24) is 0 Å². The van der Waals surface area contributed by atoms with Gasteiger partial charge in [0.1, 0.15) is 5.58 Å². The molecule has 126 valence electrons. The van der Waals surface area contributed by atoms with E-state index >= 15 is 0 Å². The van der Waals surface area contributed by atoms with E-state index in [2.05, 4.69) is 24.3 Å². The molecule has 3 aromatic carbocycles. The number of fused-ring (bicyclic) bond motifs is 4. The minimum atomic E-state index is -0.312. The first kappa shape index (κ1) is 15.1. The maximum Gasteiger partial charge on any atom is 0.336 e. The van der Waals surface area contributed by atoms with E-state index in [9.17, 15) is 4.79 Å². The summed E-state index contributed by atoms with van der Waals surface area (Å²) in [7, 11) is 0. The van der Waals surface area contributed by atoms with Crippen molar-refractivity contribution in [3.8, 4) is 0 Å². The average molecular weight is 339 g/mol. The molecule has 0 N–H and O–H groups in total. The van der Waals surface area contributed by atoms with Gasteiger partial charge in [-0.15, -0.1) is 0 Å². The van der Waals surface area contributed by atoms with Gasteiger partial charge in [-0.2, -0.15) is 0 Å². The van der Waals surface area contributed by atoms with Gasteiger partial charge in [0.15, 0.2) is 0 Å².